The highest BCUT2D eigenvalue weighted by atomic mass is 16.5. The molecule has 14 heavy (non-hydrogen) atoms. The Labute approximate surface area is 82.4 Å². The molecule has 1 N–H and O–H groups in total. The Balaban J connectivity index is 5.02. The minimum Gasteiger partial charge on any atom is -0.509 e. The van der Waals surface area contributed by atoms with Crippen LogP contribution in [0.2, 0.25) is 0 Å². The normalized spacial score (nSPS) is 12.9. The van der Waals surface area contributed by atoms with Crippen LogP contribution >= 0.6 is 0 Å². The van der Waals surface area contributed by atoms with Crippen LogP contribution in [0.4, 0.5) is 0 Å². The molecule has 0 aliphatic carbocycles. The van der Waals surface area contributed by atoms with Crippen LogP contribution in [0, 0.1) is 0 Å². The number of allylic oxidation sites excluding steroid dienone is 2. The quantitative estimate of drug-likeness (QED) is 0.243. The fourth-order valence-corrected chi connectivity index (χ4v) is 0.709. The first kappa shape index (κ1) is 12.2. The summed E-state index contributed by atoms with van der Waals surface area (Å²) in [5.74, 6) is -0.564. The van der Waals surface area contributed by atoms with Gasteiger partial charge < -0.3 is 14.6 Å². The molecule has 5 heteroatoms. The molecule has 0 atom stereocenters. The molecular weight excluding hydrogens is 186 g/mol. The maximum absolute atomic E-state index is 11.0. The fraction of sp³-hybridized carbons (Fsp3) is 0.333. The van der Waals surface area contributed by atoms with E-state index >= 15 is 0 Å². The maximum Gasteiger partial charge on any atom is 0.356 e. The van der Waals surface area contributed by atoms with E-state index < -0.39 is 5.97 Å². The summed E-state index contributed by atoms with van der Waals surface area (Å²) in [5, 5.41) is 9.11. The van der Waals surface area contributed by atoms with Crippen molar-refractivity contribution in [3.05, 3.63) is 23.3 Å². The minimum absolute atomic E-state index is 0.0299. The van der Waals surface area contributed by atoms with Crippen LogP contribution in [-0.4, -0.2) is 32.0 Å². The lowest BCUT2D eigenvalue weighted by molar-refractivity contribution is -0.136. The van der Waals surface area contributed by atoms with Gasteiger partial charge in [0.25, 0.3) is 0 Å². The number of esters is 1. The first-order valence-corrected chi connectivity index (χ1v) is 3.77. The molecule has 0 rings (SSSR count). The van der Waals surface area contributed by atoms with Crippen molar-refractivity contribution in [3.63, 3.8) is 0 Å². The zero-order valence-corrected chi connectivity index (χ0v) is 8.40. The monoisotopic (exact) mass is 199 g/mol. The molecule has 0 heterocycles. The van der Waals surface area contributed by atoms with E-state index in [4.69, 9.17) is 9.84 Å². The molecule has 0 fully saturated rings. The van der Waals surface area contributed by atoms with Crippen LogP contribution in [0.3, 0.4) is 0 Å². The molecule has 0 aliphatic heterocycles. The number of carbonyl (C=O) groups is 1. The lowest BCUT2D eigenvalue weighted by Gasteiger charge is -2.03. The number of hydrogen-bond acceptors (Lipinski definition) is 5. The van der Waals surface area contributed by atoms with Crippen molar-refractivity contribution < 1.29 is 19.4 Å². The van der Waals surface area contributed by atoms with Crippen LogP contribution in [0.1, 0.15) is 6.92 Å². The molecule has 0 aliphatic rings. The van der Waals surface area contributed by atoms with Crippen molar-refractivity contribution in [1.82, 2.24) is 0 Å². The third kappa shape index (κ3) is 3.30. The number of aliphatic hydroxyl groups excluding tert-OH is 1. The largest absolute Gasteiger partial charge is 0.509 e. The minimum atomic E-state index is -0.643. The van der Waals surface area contributed by atoms with Gasteiger partial charge in [0.05, 0.1) is 14.2 Å². The van der Waals surface area contributed by atoms with Crippen LogP contribution < -0.4 is 0 Å². The van der Waals surface area contributed by atoms with Gasteiger partial charge in [0.1, 0.15) is 5.76 Å². The highest BCUT2D eigenvalue weighted by Gasteiger charge is 2.09. The lowest BCUT2D eigenvalue weighted by atomic mass is 10.3. The fourth-order valence-electron chi connectivity index (χ4n) is 0.709. The molecule has 0 spiro atoms. The Morgan fingerprint density at radius 2 is 2.00 bits per heavy atom. The van der Waals surface area contributed by atoms with Crippen molar-refractivity contribution in [1.29, 1.82) is 0 Å². The number of methoxy groups -OCH3 is 2. The standard InChI is InChI=1S/C9H13NO4/c1-6(11)8(13-3)5-7(10-2)9(12)14-4/h5,11H,2H2,1,3-4H3/b7-5-,8-6-. The first-order valence-electron chi connectivity index (χ1n) is 3.77. The van der Waals surface area contributed by atoms with Crippen LogP contribution in [-0.2, 0) is 14.3 Å². The van der Waals surface area contributed by atoms with E-state index in [0.29, 0.717) is 0 Å². The van der Waals surface area contributed by atoms with Crippen molar-refractivity contribution in [2.24, 2.45) is 4.99 Å². The number of hydrogen-bond donors (Lipinski definition) is 1. The van der Waals surface area contributed by atoms with Crippen molar-refractivity contribution in [2.75, 3.05) is 14.2 Å². The Morgan fingerprint density at radius 3 is 2.29 bits per heavy atom. The van der Waals surface area contributed by atoms with Crippen LogP contribution in [0.5, 0.6) is 0 Å². The predicted molar refractivity (Wildman–Crippen MR) is 52.0 cm³/mol. The molecular formula is C9H13NO4. The number of aliphatic hydroxyl groups is 1. The second-order valence-electron chi connectivity index (χ2n) is 2.33. The summed E-state index contributed by atoms with van der Waals surface area (Å²) in [4.78, 5) is 14.5. The zero-order chi connectivity index (χ0) is 11.1. The number of aliphatic imine (C=N–C) groups is 1. The van der Waals surface area contributed by atoms with Crippen LogP contribution in [0.25, 0.3) is 0 Å². The molecule has 0 aromatic heterocycles. The van der Waals surface area contributed by atoms with E-state index in [0.717, 1.165) is 0 Å². The highest BCUT2D eigenvalue weighted by Crippen LogP contribution is 2.09. The van der Waals surface area contributed by atoms with E-state index in [1.807, 2.05) is 0 Å². The molecule has 0 aromatic carbocycles. The van der Waals surface area contributed by atoms with E-state index in [-0.39, 0.29) is 17.2 Å². The third-order valence-corrected chi connectivity index (χ3v) is 1.41. The van der Waals surface area contributed by atoms with Gasteiger partial charge in [0.2, 0.25) is 0 Å². The van der Waals surface area contributed by atoms with E-state index in [9.17, 15) is 4.79 Å². The molecule has 0 aromatic rings. The van der Waals surface area contributed by atoms with E-state index in [1.165, 1.54) is 27.2 Å². The number of rotatable bonds is 4. The molecule has 0 bridgehead atoms. The Morgan fingerprint density at radius 1 is 1.43 bits per heavy atom. The number of nitrogens with zero attached hydrogens (tertiary/aromatic N) is 1. The van der Waals surface area contributed by atoms with Crippen LogP contribution in [0.15, 0.2) is 28.3 Å². The average molecular weight is 199 g/mol. The van der Waals surface area contributed by atoms with Crippen molar-refractivity contribution >= 4 is 12.7 Å². The molecule has 78 valence electrons. The lowest BCUT2D eigenvalue weighted by Crippen LogP contribution is -2.03. The van der Waals surface area contributed by atoms with Gasteiger partial charge in [-0.25, -0.2) is 4.79 Å². The number of ether oxygens (including phenoxy) is 2. The zero-order valence-electron chi connectivity index (χ0n) is 8.40. The third-order valence-electron chi connectivity index (χ3n) is 1.41. The maximum atomic E-state index is 11.0. The van der Waals surface area contributed by atoms with Gasteiger partial charge in [-0.2, -0.15) is 0 Å². The second kappa shape index (κ2) is 5.80. The summed E-state index contributed by atoms with van der Waals surface area (Å²) in [6.07, 6.45) is 1.24. The van der Waals surface area contributed by atoms with E-state index in [1.54, 1.807) is 0 Å². The van der Waals surface area contributed by atoms with Gasteiger partial charge in [0.15, 0.2) is 11.5 Å². The molecule has 0 saturated carbocycles. The smallest absolute Gasteiger partial charge is 0.356 e. The highest BCUT2D eigenvalue weighted by molar-refractivity contribution is 5.89. The van der Waals surface area contributed by atoms with E-state index in [2.05, 4.69) is 16.4 Å². The van der Waals surface area contributed by atoms with Crippen molar-refractivity contribution in [2.45, 2.75) is 6.92 Å². The Bertz CT molecular complexity index is 287. The molecule has 0 saturated heterocycles. The summed E-state index contributed by atoms with van der Waals surface area (Å²) in [5.41, 5.74) is -0.0299. The van der Waals surface area contributed by atoms with Gasteiger partial charge in [-0.3, -0.25) is 4.99 Å². The summed E-state index contributed by atoms with van der Waals surface area (Å²) in [6.45, 7) is 4.62. The first-order chi connectivity index (χ1) is 6.56. The second-order valence-corrected chi connectivity index (χ2v) is 2.33. The SMILES string of the molecule is C=N/C(=C\C(OC)=C(/C)O)C(=O)OC. The predicted octanol–water partition coefficient (Wildman–Crippen LogP) is 1.18. The van der Waals surface area contributed by atoms with Gasteiger partial charge in [-0.05, 0) is 13.6 Å². The van der Waals surface area contributed by atoms with Gasteiger partial charge >= 0.3 is 5.97 Å². The topological polar surface area (TPSA) is 68.1 Å². The molecule has 0 unspecified atom stereocenters. The van der Waals surface area contributed by atoms with Gasteiger partial charge in [-0.15, -0.1) is 0 Å². The Hall–Kier alpha value is -1.78. The Kier molecular flexibility index (Phi) is 5.06. The summed E-state index contributed by atoms with van der Waals surface area (Å²) < 4.78 is 9.22. The van der Waals surface area contributed by atoms with Gasteiger partial charge in [0, 0.05) is 6.08 Å². The summed E-state index contributed by atoms with van der Waals surface area (Å²) >= 11 is 0. The number of carbonyl (C=O) groups excluding carboxylic acids is 1. The summed E-state index contributed by atoms with van der Waals surface area (Å²) in [7, 11) is 2.59. The summed E-state index contributed by atoms with van der Waals surface area (Å²) in [6, 6.07) is 0. The molecule has 0 radical (unpaired) electrons. The van der Waals surface area contributed by atoms with Gasteiger partial charge in [-0.1, -0.05) is 0 Å². The molecule has 0 amide bonds. The average Bonchev–Trinajstić information content (AvgIpc) is 2.18. The molecule has 5 nitrogen and oxygen atoms in total. The van der Waals surface area contributed by atoms with Crippen molar-refractivity contribution in [3.8, 4) is 0 Å².